The first kappa shape index (κ1) is 9.08. The van der Waals surface area contributed by atoms with Crippen LogP contribution in [0.4, 0.5) is 5.69 Å². The first-order valence-electron chi connectivity index (χ1n) is 4.24. The molecule has 0 aliphatic rings. The van der Waals surface area contributed by atoms with Crippen LogP contribution in [0.15, 0.2) is 24.2 Å². The van der Waals surface area contributed by atoms with E-state index < -0.39 is 0 Å². The van der Waals surface area contributed by atoms with Gasteiger partial charge >= 0.3 is 0 Å². The Labute approximate surface area is 86.1 Å². The van der Waals surface area contributed by atoms with E-state index in [2.05, 4.69) is 20.3 Å². The molecule has 0 saturated heterocycles. The van der Waals surface area contributed by atoms with Crippen molar-refractivity contribution >= 4 is 17.0 Å². The van der Waals surface area contributed by atoms with Gasteiger partial charge in [0, 0.05) is 4.88 Å². The molecule has 0 spiro atoms. The predicted octanol–water partition coefficient (Wildman–Crippen LogP) is 1.85. The van der Waals surface area contributed by atoms with Crippen LogP contribution < -0.4 is 5.32 Å². The van der Waals surface area contributed by atoms with Crippen molar-refractivity contribution in [3.63, 3.8) is 0 Å². The Balaban J connectivity index is 1.99. The zero-order valence-electron chi connectivity index (χ0n) is 7.77. The monoisotopic (exact) mass is 206 g/mol. The molecule has 1 N–H and O–H groups in total. The Kier molecular flexibility index (Phi) is 2.69. The summed E-state index contributed by atoms with van der Waals surface area (Å²) in [7, 11) is 0. The van der Waals surface area contributed by atoms with Crippen LogP contribution in [0.2, 0.25) is 0 Å². The van der Waals surface area contributed by atoms with Crippen molar-refractivity contribution in [1.82, 2.24) is 15.0 Å². The number of hydrogen-bond donors (Lipinski definition) is 1. The van der Waals surface area contributed by atoms with E-state index in [1.54, 1.807) is 23.7 Å². The molecular formula is C9H10N4S. The fourth-order valence-corrected chi connectivity index (χ4v) is 1.79. The Morgan fingerprint density at radius 2 is 2.14 bits per heavy atom. The van der Waals surface area contributed by atoms with Crippen molar-refractivity contribution in [2.24, 2.45) is 0 Å². The lowest BCUT2D eigenvalue weighted by molar-refractivity contribution is 1.09. The number of rotatable bonds is 3. The van der Waals surface area contributed by atoms with Gasteiger partial charge in [-0.1, -0.05) is 0 Å². The van der Waals surface area contributed by atoms with Crippen LogP contribution in [-0.2, 0) is 6.54 Å². The van der Waals surface area contributed by atoms with Gasteiger partial charge in [-0.3, -0.25) is 0 Å². The van der Waals surface area contributed by atoms with Crippen molar-refractivity contribution in [3.05, 3.63) is 34.8 Å². The zero-order valence-corrected chi connectivity index (χ0v) is 8.58. The molecule has 2 aromatic rings. The van der Waals surface area contributed by atoms with Gasteiger partial charge in [-0.15, -0.1) is 11.3 Å². The second-order valence-electron chi connectivity index (χ2n) is 2.84. The average molecular weight is 206 g/mol. The SMILES string of the molecule is Cc1ncsc1CNc1cncnc1. The molecule has 0 saturated carbocycles. The number of aromatic nitrogens is 3. The van der Waals surface area contributed by atoms with Crippen LogP contribution in [0.25, 0.3) is 0 Å². The van der Waals surface area contributed by atoms with Gasteiger partial charge in [0.2, 0.25) is 0 Å². The highest BCUT2D eigenvalue weighted by Crippen LogP contribution is 2.13. The first-order valence-corrected chi connectivity index (χ1v) is 5.12. The number of aryl methyl sites for hydroxylation is 1. The zero-order chi connectivity index (χ0) is 9.80. The van der Waals surface area contributed by atoms with Crippen LogP contribution in [0.1, 0.15) is 10.6 Å². The molecule has 0 aromatic carbocycles. The molecule has 0 unspecified atom stereocenters. The summed E-state index contributed by atoms with van der Waals surface area (Å²) >= 11 is 1.65. The van der Waals surface area contributed by atoms with E-state index >= 15 is 0 Å². The molecule has 0 atom stereocenters. The van der Waals surface area contributed by atoms with Gasteiger partial charge in [-0.05, 0) is 6.92 Å². The topological polar surface area (TPSA) is 50.7 Å². The summed E-state index contributed by atoms with van der Waals surface area (Å²) in [6, 6.07) is 0. The molecule has 2 rings (SSSR count). The van der Waals surface area contributed by atoms with Crippen LogP contribution in [0.3, 0.4) is 0 Å². The first-order chi connectivity index (χ1) is 6.86. The second kappa shape index (κ2) is 4.15. The number of hydrogen-bond acceptors (Lipinski definition) is 5. The van der Waals surface area contributed by atoms with Crippen LogP contribution >= 0.6 is 11.3 Å². The van der Waals surface area contributed by atoms with Gasteiger partial charge in [0.25, 0.3) is 0 Å². The van der Waals surface area contributed by atoms with E-state index in [-0.39, 0.29) is 0 Å². The molecular weight excluding hydrogens is 196 g/mol. The van der Waals surface area contributed by atoms with Crippen molar-refractivity contribution in [2.75, 3.05) is 5.32 Å². The molecule has 0 amide bonds. The van der Waals surface area contributed by atoms with Crippen LogP contribution in [0, 0.1) is 6.92 Å². The number of nitrogens with one attached hydrogen (secondary N) is 1. The smallest absolute Gasteiger partial charge is 0.115 e. The van der Waals surface area contributed by atoms with E-state index in [4.69, 9.17) is 0 Å². The number of nitrogens with zero attached hydrogens (tertiary/aromatic N) is 3. The summed E-state index contributed by atoms with van der Waals surface area (Å²) in [6.07, 6.45) is 5.02. The third-order valence-electron chi connectivity index (χ3n) is 1.86. The fourth-order valence-electron chi connectivity index (χ4n) is 1.07. The van der Waals surface area contributed by atoms with E-state index in [0.717, 1.165) is 17.9 Å². The summed E-state index contributed by atoms with van der Waals surface area (Å²) in [5, 5.41) is 3.23. The molecule has 14 heavy (non-hydrogen) atoms. The van der Waals surface area contributed by atoms with Gasteiger partial charge in [-0.25, -0.2) is 15.0 Å². The third kappa shape index (κ3) is 2.05. The van der Waals surface area contributed by atoms with Gasteiger partial charge < -0.3 is 5.32 Å². The summed E-state index contributed by atoms with van der Waals surface area (Å²) in [4.78, 5) is 13.3. The normalized spacial score (nSPS) is 10.1. The highest BCUT2D eigenvalue weighted by Gasteiger charge is 2.00. The summed E-state index contributed by atoms with van der Waals surface area (Å²) < 4.78 is 0. The highest BCUT2D eigenvalue weighted by molar-refractivity contribution is 7.09. The lowest BCUT2D eigenvalue weighted by atomic mass is 10.4. The Bertz CT molecular complexity index is 398. The van der Waals surface area contributed by atoms with E-state index in [0.29, 0.717) is 0 Å². The minimum atomic E-state index is 0.782. The number of thiazole rings is 1. The van der Waals surface area contributed by atoms with Crippen molar-refractivity contribution in [1.29, 1.82) is 0 Å². The molecule has 2 heterocycles. The Morgan fingerprint density at radius 1 is 1.36 bits per heavy atom. The van der Waals surface area contributed by atoms with Crippen molar-refractivity contribution in [2.45, 2.75) is 13.5 Å². The Hall–Kier alpha value is -1.49. The Morgan fingerprint density at radius 3 is 2.79 bits per heavy atom. The van der Waals surface area contributed by atoms with Crippen LogP contribution in [-0.4, -0.2) is 15.0 Å². The predicted molar refractivity (Wildman–Crippen MR) is 56.2 cm³/mol. The molecule has 0 fully saturated rings. The minimum absolute atomic E-state index is 0.782. The molecule has 0 aliphatic heterocycles. The summed E-state index contributed by atoms with van der Waals surface area (Å²) in [6.45, 7) is 2.79. The average Bonchev–Trinajstić information content (AvgIpc) is 2.63. The largest absolute Gasteiger partial charge is 0.378 e. The van der Waals surface area contributed by atoms with E-state index in [9.17, 15) is 0 Å². The fraction of sp³-hybridized carbons (Fsp3) is 0.222. The molecule has 2 aromatic heterocycles. The maximum atomic E-state index is 4.18. The van der Waals surface area contributed by atoms with Gasteiger partial charge in [0.1, 0.15) is 6.33 Å². The molecule has 4 nitrogen and oxygen atoms in total. The van der Waals surface area contributed by atoms with E-state index in [1.165, 1.54) is 11.2 Å². The number of anilines is 1. The second-order valence-corrected chi connectivity index (χ2v) is 3.78. The summed E-state index contributed by atoms with van der Waals surface area (Å²) in [5.74, 6) is 0. The molecule has 5 heteroatoms. The quantitative estimate of drug-likeness (QED) is 0.832. The van der Waals surface area contributed by atoms with Crippen LogP contribution in [0.5, 0.6) is 0 Å². The molecule has 0 bridgehead atoms. The van der Waals surface area contributed by atoms with Gasteiger partial charge in [0.15, 0.2) is 0 Å². The standard InChI is InChI=1S/C9H10N4S/c1-7-9(14-6-13-7)4-12-8-2-10-5-11-3-8/h2-3,5-6,12H,4H2,1H3. The van der Waals surface area contributed by atoms with Crippen molar-refractivity contribution in [3.8, 4) is 0 Å². The minimum Gasteiger partial charge on any atom is -0.378 e. The molecule has 72 valence electrons. The highest BCUT2D eigenvalue weighted by atomic mass is 32.1. The third-order valence-corrected chi connectivity index (χ3v) is 2.79. The summed E-state index contributed by atoms with van der Waals surface area (Å²) in [5.41, 5.74) is 3.87. The van der Waals surface area contributed by atoms with E-state index in [1.807, 2.05) is 12.4 Å². The van der Waals surface area contributed by atoms with Gasteiger partial charge in [0.05, 0.1) is 35.8 Å². The molecule has 0 aliphatic carbocycles. The van der Waals surface area contributed by atoms with Crippen molar-refractivity contribution < 1.29 is 0 Å². The lowest BCUT2D eigenvalue weighted by Crippen LogP contribution is -1.99. The molecule has 0 radical (unpaired) electrons. The maximum Gasteiger partial charge on any atom is 0.115 e. The maximum absolute atomic E-state index is 4.18. The van der Waals surface area contributed by atoms with Gasteiger partial charge in [-0.2, -0.15) is 0 Å². The lowest BCUT2D eigenvalue weighted by Gasteiger charge is -2.02.